The molecule has 0 atom stereocenters. The second kappa shape index (κ2) is 15.7. The molecule has 1 amide bonds. The van der Waals surface area contributed by atoms with Crippen LogP contribution in [0.25, 0.3) is 0 Å². The maximum atomic E-state index is 12.3. The van der Waals surface area contributed by atoms with Gasteiger partial charge < -0.3 is 16.0 Å². The number of primary amides is 1. The van der Waals surface area contributed by atoms with Crippen molar-refractivity contribution >= 4 is 11.7 Å². The van der Waals surface area contributed by atoms with E-state index in [2.05, 4.69) is 34.1 Å². The second-order valence-corrected chi connectivity index (χ2v) is 8.99. The Balaban J connectivity index is 0.000000500. The highest BCUT2D eigenvalue weighted by Crippen LogP contribution is 2.27. The lowest BCUT2D eigenvalue weighted by Gasteiger charge is -2.26. The molecule has 0 unspecified atom stereocenters. The van der Waals surface area contributed by atoms with Crippen molar-refractivity contribution in [2.24, 2.45) is 11.7 Å². The molecule has 1 aromatic heterocycles. The Morgan fingerprint density at radius 2 is 1.67 bits per heavy atom. The monoisotopic (exact) mass is 524 g/mol. The standard InChI is InChI=1S/C19H28F3N3.C4H6F3NO.C2H4/c20-19(21,22)14-23-18-7-6-16-9-12-25(13-10-17(16)24-18)11-8-15-4-2-1-3-5-15;5-4(6,7)2-1-3(8)9;1-2/h6-7,15H,1-5,8-14H2,(H,23,24);1-2H2,(H2,8,9);1-2H2. The lowest BCUT2D eigenvalue weighted by Crippen LogP contribution is -2.29. The van der Waals surface area contributed by atoms with Gasteiger partial charge in [-0.25, -0.2) is 4.98 Å². The molecule has 3 N–H and O–H groups in total. The molecular formula is C25H38F6N4O. The van der Waals surface area contributed by atoms with Crippen molar-refractivity contribution in [1.82, 2.24) is 9.88 Å². The topological polar surface area (TPSA) is 71.2 Å². The van der Waals surface area contributed by atoms with Gasteiger partial charge in [0.05, 0.1) is 6.42 Å². The van der Waals surface area contributed by atoms with Crippen molar-refractivity contribution < 1.29 is 31.1 Å². The zero-order valence-electron chi connectivity index (χ0n) is 20.7. The normalized spacial score (nSPS) is 16.9. The molecular weight excluding hydrogens is 486 g/mol. The first-order valence-electron chi connectivity index (χ1n) is 12.3. The largest absolute Gasteiger partial charge is 0.405 e. The summed E-state index contributed by atoms with van der Waals surface area (Å²) in [5, 5.41) is 2.38. The highest BCUT2D eigenvalue weighted by molar-refractivity contribution is 5.73. The summed E-state index contributed by atoms with van der Waals surface area (Å²) in [5.74, 6) is 0.287. The molecule has 3 rings (SSSR count). The maximum absolute atomic E-state index is 12.3. The number of fused-ring (bicyclic) bond motifs is 1. The zero-order chi connectivity index (χ0) is 27.2. The number of halogens is 6. The van der Waals surface area contributed by atoms with E-state index in [-0.39, 0.29) is 0 Å². The Morgan fingerprint density at radius 1 is 1.03 bits per heavy atom. The fourth-order valence-corrected chi connectivity index (χ4v) is 4.25. The number of nitrogens with two attached hydrogens (primary N) is 1. The SMILES string of the molecule is C=C.FC(F)(F)CNc1ccc2c(n1)CCN(CCC1CCCCC1)CC2.NC(=O)CCC(F)(F)F. The lowest BCUT2D eigenvalue weighted by atomic mass is 9.87. The molecule has 5 nitrogen and oxygen atoms in total. The predicted octanol–water partition coefficient (Wildman–Crippen LogP) is 6.04. The first kappa shape index (κ1) is 31.7. The van der Waals surface area contributed by atoms with Crippen LogP contribution in [0.5, 0.6) is 0 Å². The van der Waals surface area contributed by atoms with Crippen LogP contribution in [0.15, 0.2) is 25.3 Å². The van der Waals surface area contributed by atoms with Crippen LogP contribution in [0.1, 0.15) is 62.6 Å². The van der Waals surface area contributed by atoms with Gasteiger partial charge in [-0.3, -0.25) is 4.79 Å². The molecule has 2 aliphatic rings. The molecule has 1 aliphatic heterocycles. The minimum Gasteiger partial charge on any atom is -0.370 e. The van der Waals surface area contributed by atoms with E-state index >= 15 is 0 Å². The average Bonchev–Trinajstić information content (AvgIpc) is 3.03. The van der Waals surface area contributed by atoms with Crippen LogP contribution in [0.3, 0.4) is 0 Å². The third-order valence-corrected chi connectivity index (χ3v) is 6.13. The van der Waals surface area contributed by atoms with Crippen molar-refractivity contribution in [3.8, 4) is 0 Å². The van der Waals surface area contributed by atoms with E-state index in [1.54, 1.807) is 6.07 Å². The van der Waals surface area contributed by atoms with Gasteiger partial charge in [0.1, 0.15) is 12.4 Å². The summed E-state index contributed by atoms with van der Waals surface area (Å²) in [6, 6.07) is 3.61. The predicted molar refractivity (Wildman–Crippen MR) is 130 cm³/mol. The van der Waals surface area contributed by atoms with Crippen LogP contribution in [0, 0.1) is 5.92 Å². The Kier molecular flexibility index (Phi) is 13.9. The van der Waals surface area contributed by atoms with Gasteiger partial charge in [0.15, 0.2) is 0 Å². The molecule has 0 aromatic carbocycles. The molecule has 1 saturated carbocycles. The van der Waals surface area contributed by atoms with E-state index in [1.165, 1.54) is 44.1 Å². The summed E-state index contributed by atoms with van der Waals surface area (Å²) in [6.45, 7) is 8.08. The number of nitrogens with one attached hydrogen (secondary N) is 1. The molecule has 2 heterocycles. The van der Waals surface area contributed by atoms with E-state index in [4.69, 9.17) is 0 Å². The molecule has 1 fully saturated rings. The highest BCUT2D eigenvalue weighted by atomic mass is 19.4. The number of rotatable bonds is 7. The van der Waals surface area contributed by atoms with E-state index in [0.29, 0.717) is 5.82 Å². The van der Waals surface area contributed by atoms with Gasteiger partial charge in [-0.1, -0.05) is 38.2 Å². The summed E-state index contributed by atoms with van der Waals surface area (Å²) in [6.07, 6.45) is -0.275. The lowest BCUT2D eigenvalue weighted by molar-refractivity contribution is -0.142. The van der Waals surface area contributed by atoms with Crippen LogP contribution in [0.2, 0.25) is 0 Å². The summed E-state index contributed by atoms with van der Waals surface area (Å²) >= 11 is 0. The Bertz CT molecular complexity index is 779. The Morgan fingerprint density at radius 3 is 2.22 bits per heavy atom. The number of carbonyl (C=O) groups is 1. The van der Waals surface area contributed by atoms with E-state index in [0.717, 1.165) is 44.1 Å². The molecule has 1 aromatic rings. The van der Waals surface area contributed by atoms with E-state index < -0.39 is 37.6 Å². The van der Waals surface area contributed by atoms with Gasteiger partial charge in [-0.2, -0.15) is 26.3 Å². The minimum absolute atomic E-state index is 0.326. The number of nitrogens with zero attached hydrogens (tertiary/aromatic N) is 2. The quantitative estimate of drug-likeness (QED) is 0.337. The summed E-state index contributed by atoms with van der Waals surface area (Å²) in [4.78, 5) is 16.7. The molecule has 206 valence electrons. The molecule has 0 radical (unpaired) electrons. The average molecular weight is 525 g/mol. The first-order chi connectivity index (χ1) is 16.9. The van der Waals surface area contributed by atoms with Gasteiger partial charge in [-0.15, -0.1) is 13.2 Å². The Hall–Kier alpha value is -2.30. The Labute approximate surface area is 209 Å². The first-order valence-corrected chi connectivity index (χ1v) is 12.3. The van der Waals surface area contributed by atoms with Crippen LogP contribution in [0.4, 0.5) is 32.2 Å². The van der Waals surface area contributed by atoms with Gasteiger partial charge in [0, 0.05) is 31.6 Å². The number of hydrogen-bond acceptors (Lipinski definition) is 4. The van der Waals surface area contributed by atoms with Crippen LogP contribution in [-0.4, -0.2) is 54.3 Å². The number of aromatic nitrogens is 1. The molecule has 11 heteroatoms. The third-order valence-electron chi connectivity index (χ3n) is 6.13. The van der Waals surface area contributed by atoms with Gasteiger partial charge in [-0.05, 0) is 36.9 Å². The fourth-order valence-electron chi connectivity index (χ4n) is 4.25. The third kappa shape index (κ3) is 14.3. The van der Waals surface area contributed by atoms with Gasteiger partial charge in [0.2, 0.25) is 5.91 Å². The second-order valence-electron chi connectivity index (χ2n) is 8.99. The molecule has 36 heavy (non-hydrogen) atoms. The van der Waals surface area contributed by atoms with Crippen LogP contribution < -0.4 is 11.1 Å². The van der Waals surface area contributed by atoms with Gasteiger partial charge in [0.25, 0.3) is 0 Å². The number of hydrogen-bond donors (Lipinski definition) is 2. The van der Waals surface area contributed by atoms with Crippen molar-refractivity contribution in [1.29, 1.82) is 0 Å². The summed E-state index contributed by atoms with van der Waals surface area (Å²) in [5.41, 5.74) is 6.59. The summed E-state index contributed by atoms with van der Waals surface area (Å²) < 4.78 is 70.6. The number of pyridine rings is 1. The number of amides is 1. The van der Waals surface area contributed by atoms with E-state index in [9.17, 15) is 31.1 Å². The molecule has 0 spiro atoms. The fraction of sp³-hybridized carbons (Fsp3) is 0.680. The number of alkyl halides is 6. The van der Waals surface area contributed by atoms with Gasteiger partial charge >= 0.3 is 12.4 Å². The number of carbonyl (C=O) groups excluding carboxylic acids is 1. The van der Waals surface area contributed by atoms with Crippen LogP contribution in [-0.2, 0) is 17.6 Å². The van der Waals surface area contributed by atoms with Crippen molar-refractivity contribution in [3.05, 3.63) is 36.5 Å². The van der Waals surface area contributed by atoms with Crippen molar-refractivity contribution in [3.63, 3.8) is 0 Å². The van der Waals surface area contributed by atoms with E-state index in [1.807, 2.05) is 6.07 Å². The molecule has 0 bridgehead atoms. The minimum atomic E-state index is -4.27. The van der Waals surface area contributed by atoms with Crippen LogP contribution >= 0.6 is 0 Å². The summed E-state index contributed by atoms with van der Waals surface area (Å²) in [7, 11) is 0. The smallest absolute Gasteiger partial charge is 0.370 e. The zero-order valence-corrected chi connectivity index (χ0v) is 20.7. The maximum Gasteiger partial charge on any atom is 0.405 e. The van der Waals surface area contributed by atoms with Crippen molar-refractivity contribution in [2.45, 2.75) is 76.6 Å². The number of anilines is 1. The van der Waals surface area contributed by atoms with Crippen molar-refractivity contribution in [2.75, 3.05) is 31.5 Å². The highest BCUT2D eigenvalue weighted by Gasteiger charge is 2.28. The molecule has 0 saturated heterocycles. The molecule has 1 aliphatic carbocycles.